The highest BCUT2D eigenvalue weighted by molar-refractivity contribution is 7.98. The molecule has 0 aliphatic carbocycles. The van der Waals surface area contributed by atoms with E-state index in [0.717, 1.165) is 6.07 Å². The monoisotopic (exact) mass is 342 g/mol. The third-order valence-electron chi connectivity index (χ3n) is 2.89. The van der Waals surface area contributed by atoms with Crippen LogP contribution in [0.25, 0.3) is 21.2 Å². The molecule has 0 amide bonds. The van der Waals surface area contributed by atoms with Gasteiger partial charge in [-0.15, -0.1) is 0 Å². The molecule has 0 atom stereocenters. The molecule has 0 aliphatic rings. The predicted molar refractivity (Wildman–Crippen MR) is 83.7 cm³/mol. The minimum absolute atomic E-state index is 0.0908. The lowest BCUT2D eigenvalue weighted by atomic mass is 10.1. The van der Waals surface area contributed by atoms with Crippen LogP contribution in [0.3, 0.4) is 0 Å². The molecule has 0 bridgehead atoms. The van der Waals surface area contributed by atoms with E-state index in [1.165, 1.54) is 6.07 Å². The van der Waals surface area contributed by atoms with E-state index in [2.05, 4.69) is 9.43 Å². The van der Waals surface area contributed by atoms with Gasteiger partial charge in [-0.2, -0.15) is 8.42 Å². The summed E-state index contributed by atoms with van der Waals surface area (Å²) >= 11 is 0.580. The van der Waals surface area contributed by atoms with E-state index < -0.39 is 20.8 Å². The Morgan fingerprint density at radius 2 is 1.86 bits per heavy atom. The molecule has 0 spiro atoms. The van der Waals surface area contributed by atoms with Crippen molar-refractivity contribution in [3.8, 4) is 5.75 Å². The minimum Gasteiger partial charge on any atom is -0.505 e. The van der Waals surface area contributed by atoms with Crippen molar-refractivity contribution in [3.63, 3.8) is 0 Å². The van der Waals surface area contributed by atoms with Gasteiger partial charge in [0.25, 0.3) is 10.1 Å². The molecule has 2 aromatic carbocycles. The Morgan fingerprint density at radius 1 is 1.23 bits per heavy atom. The van der Waals surface area contributed by atoms with Crippen molar-refractivity contribution in [2.45, 2.75) is 9.79 Å². The van der Waals surface area contributed by atoms with Gasteiger partial charge in [-0.05, 0) is 34.1 Å². The molecular formula is C10H10N6O4S2. The van der Waals surface area contributed by atoms with Crippen molar-refractivity contribution in [1.29, 1.82) is 0 Å². The van der Waals surface area contributed by atoms with Crippen LogP contribution in [0.4, 0.5) is 17.1 Å². The quantitative estimate of drug-likeness (QED) is 0.106. The molecule has 0 aliphatic heterocycles. The highest BCUT2D eigenvalue weighted by Gasteiger charge is 2.22. The largest absolute Gasteiger partial charge is 0.505 e. The van der Waals surface area contributed by atoms with Crippen LogP contribution in [0.15, 0.2) is 26.4 Å². The molecule has 0 radical (unpaired) electrons. The number of phenolic OH excluding ortho intramolecular Hbond substituents is 1. The maximum Gasteiger partial charge on any atom is 0.295 e. The van der Waals surface area contributed by atoms with Gasteiger partial charge in [0.2, 0.25) is 0 Å². The maximum absolute atomic E-state index is 11.5. The summed E-state index contributed by atoms with van der Waals surface area (Å²) in [5.41, 5.74) is 25.0. The number of aromatic hydroxyl groups is 1. The van der Waals surface area contributed by atoms with Crippen LogP contribution in [0.1, 0.15) is 0 Å². The third kappa shape index (κ3) is 2.51. The highest BCUT2D eigenvalue weighted by atomic mass is 32.2. The fourth-order valence-corrected chi connectivity index (χ4v) is 3.12. The first-order chi connectivity index (χ1) is 10.2. The second-order valence-corrected chi connectivity index (χ2v) is 6.35. The number of fused-ring (bicyclic) bond motifs is 1. The summed E-state index contributed by atoms with van der Waals surface area (Å²) in [7, 11) is -4.64. The average Bonchev–Trinajstić information content (AvgIpc) is 2.43. The van der Waals surface area contributed by atoms with Gasteiger partial charge in [0.05, 0.1) is 22.4 Å². The van der Waals surface area contributed by atoms with E-state index in [4.69, 9.17) is 22.7 Å². The molecule has 0 unspecified atom stereocenters. The number of benzene rings is 2. The molecule has 10 nitrogen and oxygen atoms in total. The van der Waals surface area contributed by atoms with Crippen LogP contribution in [-0.2, 0) is 10.1 Å². The number of nitrogens with two attached hydrogens (primary N) is 3. The number of azide groups is 1. The van der Waals surface area contributed by atoms with Crippen LogP contribution < -0.4 is 17.2 Å². The first-order valence-corrected chi connectivity index (χ1v) is 7.71. The Balaban J connectivity index is 3.03. The van der Waals surface area contributed by atoms with E-state index in [-0.39, 0.29) is 32.7 Å². The lowest BCUT2D eigenvalue weighted by molar-refractivity contribution is 0.482. The predicted octanol–water partition coefficient (Wildman–Crippen LogP) is 1.86. The second-order valence-electron chi connectivity index (χ2n) is 4.17. The lowest BCUT2D eigenvalue weighted by Crippen LogP contribution is -2.05. The number of hydrogen-bond acceptors (Lipinski definition) is 8. The van der Waals surface area contributed by atoms with Crippen molar-refractivity contribution < 1.29 is 18.1 Å². The van der Waals surface area contributed by atoms with E-state index in [9.17, 15) is 18.1 Å². The van der Waals surface area contributed by atoms with E-state index in [0.29, 0.717) is 11.9 Å². The summed E-state index contributed by atoms with van der Waals surface area (Å²) in [6.45, 7) is 0. The zero-order chi connectivity index (χ0) is 16.7. The zero-order valence-electron chi connectivity index (χ0n) is 10.8. The number of rotatable bonds is 3. The van der Waals surface area contributed by atoms with Gasteiger partial charge >= 0.3 is 0 Å². The van der Waals surface area contributed by atoms with Crippen molar-refractivity contribution in [1.82, 2.24) is 0 Å². The molecule has 22 heavy (non-hydrogen) atoms. The van der Waals surface area contributed by atoms with Gasteiger partial charge < -0.3 is 22.3 Å². The average molecular weight is 342 g/mol. The minimum atomic E-state index is -4.64. The topological polar surface area (TPSA) is 201 Å². The van der Waals surface area contributed by atoms with Crippen LogP contribution in [0.5, 0.6) is 5.75 Å². The Hall–Kier alpha value is -2.53. The van der Waals surface area contributed by atoms with Crippen molar-refractivity contribution in [2.75, 3.05) is 17.2 Å². The second kappa shape index (κ2) is 5.35. The Morgan fingerprint density at radius 3 is 2.41 bits per heavy atom. The zero-order valence-corrected chi connectivity index (χ0v) is 12.4. The summed E-state index contributed by atoms with van der Waals surface area (Å²) in [5, 5.41) is 9.93. The summed E-state index contributed by atoms with van der Waals surface area (Å²) in [6, 6.07) is 2.19. The number of nitrogen functional groups attached to an aromatic ring is 3. The normalized spacial score (nSPS) is 11.3. The van der Waals surface area contributed by atoms with Gasteiger partial charge in [0.1, 0.15) is 10.6 Å². The van der Waals surface area contributed by atoms with Crippen LogP contribution in [0.2, 0.25) is 0 Å². The van der Waals surface area contributed by atoms with E-state index in [1.807, 2.05) is 0 Å². The Kier molecular flexibility index (Phi) is 3.85. The van der Waals surface area contributed by atoms with Gasteiger partial charge in [0, 0.05) is 15.2 Å². The molecule has 0 saturated heterocycles. The van der Waals surface area contributed by atoms with Gasteiger partial charge in [-0.1, -0.05) is 0 Å². The van der Waals surface area contributed by atoms with Gasteiger partial charge in [0.15, 0.2) is 0 Å². The van der Waals surface area contributed by atoms with Crippen molar-refractivity contribution >= 4 is 49.9 Å². The molecule has 0 saturated carbocycles. The third-order valence-corrected chi connectivity index (χ3v) is 4.47. The molecule has 0 heterocycles. The van der Waals surface area contributed by atoms with Crippen LogP contribution in [-0.4, -0.2) is 18.1 Å². The van der Waals surface area contributed by atoms with E-state index in [1.54, 1.807) is 0 Å². The molecule has 0 fully saturated rings. The molecule has 0 aromatic heterocycles. The fraction of sp³-hybridized carbons (Fsp3) is 0. The number of phenols is 1. The molecule has 8 N–H and O–H groups in total. The molecule has 2 rings (SSSR count). The van der Waals surface area contributed by atoms with Crippen molar-refractivity contribution in [3.05, 3.63) is 22.6 Å². The van der Waals surface area contributed by atoms with Gasteiger partial charge in [-0.25, -0.2) is 0 Å². The summed E-state index contributed by atoms with van der Waals surface area (Å²) < 4.78 is 35.5. The first kappa shape index (κ1) is 15.9. The standard InChI is InChI=1S/C10H10N6O4S2/c11-4-2-6(22(18,19)20)3-1-5(21-16-15-14)9(13)10(17)7(3)8(4)12/h1-2,17H,11-13H2,(H,18,19,20). The van der Waals surface area contributed by atoms with E-state index >= 15 is 0 Å². The summed E-state index contributed by atoms with van der Waals surface area (Å²) in [4.78, 5) is 2.07. The molecule has 116 valence electrons. The Bertz CT molecular complexity index is 937. The Labute approximate surface area is 128 Å². The molecular weight excluding hydrogens is 332 g/mol. The number of hydrogen-bond donors (Lipinski definition) is 5. The summed E-state index contributed by atoms with van der Waals surface area (Å²) in [5.74, 6) is -0.525. The number of anilines is 3. The molecule has 12 heteroatoms. The smallest absolute Gasteiger partial charge is 0.295 e. The lowest BCUT2D eigenvalue weighted by Gasteiger charge is -2.14. The highest BCUT2D eigenvalue weighted by Crippen LogP contribution is 2.45. The van der Waals surface area contributed by atoms with Gasteiger partial charge in [-0.3, -0.25) is 4.55 Å². The first-order valence-electron chi connectivity index (χ1n) is 5.50. The molecule has 2 aromatic rings. The van der Waals surface area contributed by atoms with Crippen molar-refractivity contribution in [2.24, 2.45) is 4.52 Å². The van der Waals surface area contributed by atoms with Crippen LogP contribution >= 0.6 is 11.9 Å². The number of nitrogens with zero attached hydrogens (tertiary/aromatic N) is 3. The summed E-state index contributed by atoms with van der Waals surface area (Å²) in [6.07, 6.45) is 0. The van der Waals surface area contributed by atoms with Crippen LogP contribution in [0, 0.1) is 0 Å². The maximum atomic E-state index is 11.5. The fourth-order valence-electron chi connectivity index (χ4n) is 1.92. The SMILES string of the molecule is [N-]=[N+]=NSc1cc2c(S(=O)(=O)O)cc(N)c(N)c2c(O)c1N.